The summed E-state index contributed by atoms with van der Waals surface area (Å²) in [6, 6.07) is 16.1. The SMILES string of the molecule is CC(O)(CNC(=O)C1CC(NC(=O)OCC2c3ccccc3-c3ccccc32)C1)CC(=O)O. The van der Waals surface area contributed by atoms with Crippen LogP contribution in [0.5, 0.6) is 0 Å². The summed E-state index contributed by atoms with van der Waals surface area (Å²) in [6.07, 6.45) is -0.0249. The number of ether oxygens (including phenoxy) is 1. The highest BCUT2D eigenvalue weighted by molar-refractivity contribution is 5.81. The van der Waals surface area contributed by atoms with E-state index in [1.165, 1.54) is 6.92 Å². The predicted octanol–water partition coefficient (Wildman–Crippen LogP) is 2.65. The van der Waals surface area contributed by atoms with E-state index in [0.717, 1.165) is 22.3 Å². The molecule has 8 heteroatoms. The van der Waals surface area contributed by atoms with Crippen LogP contribution in [0.2, 0.25) is 0 Å². The summed E-state index contributed by atoms with van der Waals surface area (Å²) in [4.78, 5) is 35.3. The number of nitrogens with one attached hydrogen (secondary N) is 2. The summed E-state index contributed by atoms with van der Waals surface area (Å²) in [5, 5.41) is 24.2. The largest absolute Gasteiger partial charge is 0.481 e. The summed E-state index contributed by atoms with van der Waals surface area (Å²) in [5.74, 6) is -1.69. The van der Waals surface area contributed by atoms with Gasteiger partial charge in [-0.2, -0.15) is 0 Å². The van der Waals surface area contributed by atoms with Crippen molar-refractivity contribution in [1.29, 1.82) is 0 Å². The van der Waals surface area contributed by atoms with E-state index in [-0.39, 0.29) is 36.9 Å². The number of carboxylic acid groups (broad SMARTS) is 1. The van der Waals surface area contributed by atoms with Gasteiger partial charge in [-0.25, -0.2) is 4.79 Å². The Balaban J connectivity index is 1.22. The number of fused-ring (bicyclic) bond motifs is 3. The molecule has 2 aromatic rings. The van der Waals surface area contributed by atoms with E-state index in [2.05, 4.69) is 34.9 Å². The fourth-order valence-electron chi connectivity index (χ4n) is 4.57. The summed E-state index contributed by atoms with van der Waals surface area (Å²) in [6.45, 7) is 1.46. The van der Waals surface area contributed by atoms with Gasteiger partial charge in [0.15, 0.2) is 0 Å². The molecule has 0 bridgehead atoms. The van der Waals surface area contributed by atoms with E-state index in [9.17, 15) is 19.5 Å². The molecule has 0 radical (unpaired) electrons. The van der Waals surface area contributed by atoms with Gasteiger partial charge in [0.05, 0.1) is 12.0 Å². The number of rotatable bonds is 8. The third kappa shape index (κ3) is 5.17. The number of carbonyl (C=O) groups excluding carboxylic acids is 2. The third-order valence-corrected chi connectivity index (χ3v) is 6.35. The highest BCUT2D eigenvalue weighted by Gasteiger charge is 2.37. The zero-order chi connectivity index (χ0) is 23.6. The first kappa shape index (κ1) is 22.8. The minimum absolute atomic E-state index is 0.0124. The van der Waals surface area contributed by atoms with Crippen molar-refractivity contribution in [2.45, 2.75) is 43.7 Å². The second kappa shape index (κ2) is 9.23. The molecule has 8 nitrogen and oxygen atoms in total. The molecule has 0 aliphatic heterocycles. The van der Waals surface area contributed by atoms with E-state index < -0.39 is 24.1 Å². The predicted molar refractivity (Wildman–Crippen MR) is 121 cm³/mol. The Bertz CT molecular complexity index is 1010. The number of benzene rings is 2. The van der Waals surface area contributed by atoms with Gasteiger partial charge in [-0.15, -0.1) is 0 Å². The molecular formula is C25H28N2O6. The number of hydrogen-bond donors (Lipinski definition) is 4. The highest BCUT2D eigenvalue weighted by atomic mass is 16.5. The van der Waals surface area contributed by atoms with E-state index in [0.29, 0.717) is 12.8 Å². The van der Waals surface area contributed by atoms with E-state index in [1.54, 1.807) is 0 Å². The van der Waals surface area contributed by atoms with Gasteiger partial charge in [0.25, 0.3) is 0 Å². The Morgan fingerprint density at radius 2 is 1.61 bits per heavy atom. The topological polar surface area (TPSA) is 125 Å². The molecule has 4 N–H and O–H groups in total. The fourth-order valence-corrected chi connectivity index (χ4v) is 4.57. The molecule has 2 amide bonds. The minimum atomic E-state index is -1.51. The van der Waals surface area contributed by atoms with Gasteiger partial charge in [0, 0.05) is 24.4 Å². The molecule has 1 unspecified atom stereocenters. The van der Waals surface area contributed by atoms with E-state index in [1.807, 2.05) is 24.3 Å². The summed E-state index contributed by atoms with van der Waals surface area (Å²) in [7, 11) is 0. The Kier molecular flexibility index (Phi) is 6.37. The molecule has 0 aromatic heterocycles. The summed E-state index contributed by atoms with van der Waals surface area (Å²) >= 11 is 0. The van der Waals surface area contributed by atoms with Crippen LogP contribution >= 0.6 is 0 Å². The van der Waals surface area contributed by atoms with Crippen molar-refractivity contribution >= 4 is 18.0 Å². The van der Waals surface area contributed by atoms with Gasteiger partial charge in [-0.1, -0.05) is 48.5 Å². The molecule has 0 spiro atoms. The van der Waals surface area contributed by atoms with Crippen LogP contribution in [0.3, 0.4) is 0 Å². The molecule has 1 fully saturated rings. The second-order valence-electron chi connectivity index (χ2n) is 9.12. The number of aliphatic carboxylic acids is 1. The summed E-state index contributed by atoms with van der Waals surface area (Å²) < 4.78 is 5.53. The smallest absolute Gasteiger partial charge is 0.407 e. The second-order valence-corrected chi connectivity index (χ2v) is 9.12. The number of carbonyl (C=O) groups is 3. The number of carboxylic acids is 1. The van der Waals surface area contributed by atoms with Crippen LogP contribution in [0.4, 0.5) is 4.79 Å². The standard InChI is InChI=1S/C25H28N2O6/c1-25(32,12-22(28)29)14-26-23(30)15-10-16(11-15)27-24(31)33-13-21-19-8-4-2-6-17(19)18-7-3-5-9-20(18)21/h2-9,15-16,21,32H,10-14H2,1H3,(H,26,30)(H,27,31)(H,28,29). The Morgan fingerprint density at radius 1 is 1.03 bits per heavy atom. The zero-order valence-corrected chi connectivity index (χ0v) is 18.4. The van der Waals surface area contributed by atoms with Crippen molar-refractivity contribution in [2.24, 2.45) is 5.92 Å². The number of hydrogen-bond acceptors (Lipinski definition) is 5. The Hall–Kier alpha value is -3.39. The molecule has 0 saturated heterocycles. The maximum Gasteiger partial charge on any atom is 0.407 e. The highest BCUT2D eigenvalue weighted by Crippen LogP contribution is 2.44. The lowest BCUT2D eigenvalue weighted by Crippen LogP contribution is -2.51. The van der Waals surface area contributed by atoms with Crippen LogP contribution < -0.4 is 10.6 Å². The lowest BCUT2D eigenvalue weighted by atomic mass is 9.79. The van der Waals surface area contributed by atoms with Crippen LogP contribution in [0.15, 0.2) is 48.5 Å². The van der Waals surface area contributed by atoms with E-state index in [4.69, 9.17) is 9.84 Å². The van der Waals surface area contributed by atoms with Crippen molar-refractivity contribution < 1.29 is 29.3 Å². The van der Waals surface area contributed by atoms with Gasteiger partial charge in [-0.3, -0.25) is 9.59 Å². The van der Waals surface area contributed by atoms with Crippen LogP contribution in [0.25, 0.3) is 11.1 Å². The van der Waals surface area contributed by atoms with Gasteiger partial charge in [-0.05, 0) is 42.0 Å². The van der Waals surface area contributed by atoms with Crippen molar-refractivity contribution in [3.63, 3.8) is 0 Å². The normalized spacial score (nSPS) is 20.5. The maximum absolute atomic E-state index is 12.3. The van der Waals surface area contributed by atoms with Crippen molar-refractivity contribution in [1.82, 2.24) is 10.6 Å². The van der Waals surface area contributed by atoms with Gasteiger partial charge in [0.1, 0.15) is 6.61 Å². The monoisotopic (exact) mass is 452 g/mol. The Labute approximate surface area is 192 Å². The molecule has 174 valence electrons. The first-order chi connectivity index (χ1) is 15.7. The van der Waals surface area contributed by atoms with Crippen LogP contribution in [0, 0.1) is 5.92 Å². The van der Waals surface area contributed by atoms with Gasteiger partial charge >= 0.3 is 12.1 Å². The zero-order valence-electron chi connectivity index (χ0n) is 18.4. The fraction of sp³-hybridized carbons (Fsp3) is 0.400. The first-order valence-corrected chi connectivity index (χ1v) is 11.1. The lowest BCUT2D eigenvalue weighted by molar-refractivity contribution is -0.142. The van der Waals surface area contributed by atoms with Crippen molar-refractivity contribution in [3.05, 3.63) is 59.7 Å². The first-order valence-electron chi connectivity index (χ1n) is 11.1. The molecule has 4 rings (SSSR count). The minimum Gasteiger partial charge on any atom is -0.481 e. The molecule has 0 heterocycles. The third-order valence-electron chi connectivity index (χ3n) is 6.35. The molecule has 2 aromatic carbocycles. The molecule has 1 saturated carbocycles. The van der Waals surface area contributed by atoms with Crippen LogP contribution in [-0.4, -0.2) is 53.0 Å². The molecule has 1 atom stereocenters. The van der Waals surface area contributed by atoms with Crippen LogP contribution in [-0.2, 0) is 14.3 Å². The number of alkyl carbamates (subject to hydrolysis) is 1. The van der Waals surface area contributed by atoms with Crippen LogP contribution in [0.1, 0.15) is 43.2 Å². The summed E-state index contributed by atoms with van der Waals surface area (Å²) in [5.41, 5.74) is 3.11. The van der Waals surface area contributed by atoms with Crippen molar-refractivity contribution in [2.75, 3.05) is 13.2 Å². The maximum atomic E-state index is 12.3. The quantitative estimate of drug-likeness (QED) is 0.488. The molecule has 2 aliphatic carbocycles. The molecular weight excluding hydrogens is 424 g/mol. The van der Waals surface area contributed by atoms with Gasteiger partial charge < -0.3 is 25.6 Å². The Morgan fingerprint density at radius 3 is 2.18 bits per heavy atom. The number of amides is 2. The average molecular weight is 453 g/mol. The molecule has 33 heavy (non-hydrogen) atoms. The van der Waals surface area contributed by atoms with Crippen molar-refractivity contribution in [3.8, 4) is 11.1 Å². The molecule has 2 aliphatic rings. The average Bonchev–Trinajstić information content (AvgIpc) is 3.06. The lowest BCUT2D eigenvalue weighted by Gasteiger charge is -2.35. The van der Waals surface area contributed by atoms with Gasteiger partial charge in [0.2, 0.25) is 5.91 Å². The van der Waals surface area contributed by atoms with E-state index >= 15 is 0 Å². The number of aliphatic hydroxyl groups is 1.